The van der Waals surface area contributed by atoms with E-state index < -0.39 is 0 Å². The standard InChI is InChI=1S/C19H31N3O/c1-14-8-15(2)12-22(11-14)13-18-6-4-17(5-7-18)10-21-19(23)9-16(3)20/h4-7,14-16H,8-13,20H2,1-3H3,(H,21,23). The summed E-state index contributed by atoms with van der Waals surface area (Å²) in [4.78, 5) is 14.2. The molecule has 3 unspecified atom stereocenters. The summed E-state index contributed by atoms with van der Waals surface area (Å²) in [5, 5.41) is 2.91. The maximum absolute atomic E-state index is 11.6. The van der Waals surface area contributed by atoms with Crippen LogP contribution in [-0.4, -0.2) is 29.9 Å². The molecule has 1 amide bonds. The van der Waals surface area contributed by atoms with Gasteiger partial charge in [0.1, 0.15) is 0 Å². The van der Waals surface area contributed by atoms with Gasteiger partial charge in [-0.2, -0.15) is 0 Å². The molecule has 1 aromatic carbocycles. The highest BCUT2D eigenvalue weighted by Gasteiger charge is 2.21. The van der Waals surface area contributed by atoms with Crippen LogP contribution >= 0.6 is 0 Å². The average Bonchev–Trinajstić information content (AvgIpc) is 2.45. The van der Waals surface area contributed by atoms with Crippen LogP contribution in [0.15, 0.2) is 24.3 Å². The maximum atomic E-state index is 11.6. The van der Waals surface area contributed by atoms with Crippen LogP contribution in [0.2, 0.25) is 0 Å². The Morgan fingerprint density at radius 1 is 1.22 bits per heavy atom. The molecule has 1 fully saturated rings. The monoisotopic (exact) mass is 317 g/mol. The van der Waals surface area contributed by atoms with E-state index in [-0.39, 0.29) is 11.9 Å². The van der Waals surface area contributed by atoms with E-state index in [2.05, 4.69) is 48.3 Å². The van der Waals surface area contributed by atoms with Gasteiger partial charge < -0.3 is 11.1 Å². The van der Waals surface area contributed by atoms with Crippen LogP contribution in [0.5, 0.6) is 0 Å². The zero-order valence-electron chi connectivity index (χ0n) is 14.7. The SMILES string of the molecule is CC(N)CC(=O)NCc1ccc(CN2CC(C)CC(C)C2)cc1. The first-order valence-electron chi connectivity index (χ1n) is 8.75. The summed E-state index contributed by atoms with van der Waals surface area (Å²) in [6.07, 6.45) is 1.72. The molecule has 3 N–H and O–H groups in total. The van der Waals surface area contributed by atoms with Crippen molar-refractivity contribution in [1.82, 2.24) is 10.2 Å². The molecule has 1 aliphatic heterocycles. The zero-order valence-corrected chi connectivity index (χ0v) is 14.7. The normalized spacial score (nSPS) is 23.5. The number of nitrogens with zero attached hydrogens (tertiary/aromatic N) is 1. The van der Waals surface area contributed by atoms with Gasteiger partial charge >= 0.3 is 0 Å². The van der Waals surface area contributed by atoms with Crippen molar-refractivity contribution < 1.29 is 4.79 Å². The van der Waals surface area contributed by atoms with Crippen LogP contribution in [-0.2, 0) is 17.9 Å². The van der Waals surface area contributed by atoms with Gasteiger partial charge in [-0.25, -0.2) is 0 Å². The summed E-state index contributed by atoms with van der Waals surface area (Å²) in [7, 11) is 0. The van der Waals surface area contributed by atoms with Crippen LogP contribution in [0.3, 0.4) is 0 Å². The number of carbonyl (C=O) groups excluding carboxylic acids is 1. The van der Waals surface area contributed by atoms with Crippen LogP contribution < -0.4 is 11.1 Å². The summed E-state index contributed by atoms with van der Waals surface area (Å²) in [6.45, 7) is 10.5. The number of hydrogen-bond acceptors (Lipinski definition) is 3. The van der Waals surface area contributed by atoms with Gasteiger partial charge in [0.15, 0.2) is 0 Å². The molecule has 3 atom stereocenters. The van der Waals surface area contributed by atoms with Gasteiger partial charge in [0, 0.05) is 38.6 Å². The minimum atomic E-state index is -0.0910. The molecule has 1 heterocycles. The second-order valence-electron chi connectivity index (χ2n) is 7.41. The Labute approximate surface area is 140 Å². The highest BCUT2D eigenvalue weighted by Crippen LogP contribution is 2.22. The van der Waals surface area contributed by atoms with Gasteiger partial charge in [0.25, 0.3) is 0 Å². The molecule has 0 spiro atoms. The molecule has 0 saturated carbocycles. The quantitative estimate of drug-likeness (QED) is 0.847. The maximum Gasteiger partial charge on any atom is 0.221 e. The largest absolute Gasteiger partial charge is 0.352 e. The number of hydrogen-bond donors (Lipinski definition) is 2. The fourth-order valence-electron chi connectivity index (χ4n) is 3.51. The Hall–Kier alpha value is -1.39. The molecule has 0 bridgehead atoms. The minimum Gasteiger partial charge on any atom is -0.352 e. The number of nitrogens with two attached hydrogens (primary N) is 1. The lowest BCUT2D eigenvalue weighted by atomic mass is 9.91. The highest BCUT2D eigenvalue weighted by atomic mass is 16.1. The summed E-state index contributed by atoms with van der Waals surface area (Å²) in [5.74, 6) is 1.59. The molecule has 4 nitrogen and oxygen atoms in total. The molecule has 1 aliphatic rings. The zero-order chi connectivity index (χ0) is 16.8. The van der Waals surface area contributed by atoms with Crippen molar-refractivity contribution in [3.05, 3.63) is 35.4 Å². The minimum absolute atomic E-state index is 0.0142. The number of benzene rings is 1. The van der Waals surface area contributed by atoms with Crippen molar-refractivity contribution in [3.63, 3.8) is 0 Å². The molecule has 128 valence electrons. The van der Waals surface area contributed by atoms with E-state index in [1.165, 1.54) is 25.1 Å². The van der Waals surface area contributed by atoms with Crippen LogP contribution in [0.1, 0.15) is 44.7 Å². The lowest BCUT2D eigenvalue weighted by molar-refractivity contribution is -0.121. The van der Waals surface area contributed by atoms with E-state index in [9.17, 15) is 4.79 Å². The van der Waals surface area contributed by atoms with Gasteiger partial charge in [0.05, 0.1) is 0 Å². The number of carbonyl (C=O) groups is 1. The molecular weight excluding hydrogens is 286 g/mol. The van der Waals surface area contributed by atoms with Crippen LogP contribution in [0.4, 0.5) is 0 Å². The van der Waals surface area contributed by atoms with Gasteiger partial charge in [0.2, 0.25) is 5.91 Å². The molecular formula is C19H31N3O. The number of piperidine rings is 1. The highest BCUT2D eigenvalue weighted by molar-refractivity contribution is 5.76. The Morgan fingerprint density at radius 2 is 1.78 bits per heavy atom. The Balaban J connectivity index is 1.81. The Bertz CT molecular complexity index is 488. The van der Waals surface area contributed by atoms with Crippen molar-refractivity contribution in [2.45, 2.75) is 52.7 Å². The molecule has 1 aromatic rings. The molecule has 1 saturated heterocycles. The molecule has 0 aromatic heterocycles. The number of rotatable bonds is 6. The number of likely N-dealkylation sites (tertiary alicyclic amines) is 1. The molecule has 4 heteroatoms. The van der Waals surface area contributed by atoms with E-state index in [4.69, 9.17) is 5.73 Å². The van der Waals surface area contributed by atoms with E-state index in [0.29, 0.717) is 13.0 Å². The first-order chi connectivity index (χ1) is 10.9. The summed E-state index contributed by atoms with van der Waals surface area (Å²) < 4.78 is 0. The number of nitrogens with one attached hydrogen (secondary N) is 1. The predicted octanol–water partition coefficient (Wildman–Crippen LogP) is 2.52. The van der Waals surface area contributed by atoms with Crippen LogP contribution in [0, 0.1) is 11.8 Å². The van der Waals surface area contributed by atoms with Crippen molar-refractivity contribution in [2.24, 2.45) is 17.6 Å². The molecule has 23 heavy (non-hydrogen) atoms. The summed E-state index contributed by atoms with van der Waals surface area (Å²) in [6, 6.07) is 8.48. The van der Waals surface area contributed by atoms with Gasteiger partial charge in [-0.15, -0.1) is 0 Å². The second-order valence-corrected chi connectivity index (χ2v) is 7.41. The smallest absolute Gasteiger partial charge is 0.221 e. The van der Waals surface area contributed by atoms with Gasteiger partial charge in [-0.3, -0.25) is 9.69 Å². The van der Waals surface area contributed by atoms with Crippen molar-refractivity contribution in [3.8, 4) is 0 Å². The second kappa shape index (κ2) is 8.46. The van der Waals surface area contributed by atoms with E-state index in [0.717, 1.165) is 23.9 Å². The Kier molecular flexibility index (Phi) is 6.60. The van der Waals surface area contributed by atoms with Crippen molar-refractivity contribution in [1.29, 1.82) is 0 Å². The van der Waals surface area contributed by atoms with E-state index in [1.54, 1.807) is 0 Å². The Morgan fingerprint density at radius 3 is 2.35 bits per heavy atom. The average molecular weight is 317 g/mol. The van der Waals surface area contributed by atoms with Gasteiger partial charge in [-0.1, -0.05) is 38.1 Å². The van der Waals surface area contributed by atoms with E-state index in [1.807, 2.05) is 6.92 Å². The van der Waals surface area contributed by atoms with Crippen LogP contribution in [0.25, 0.3) is 0 Å². The lowest BCUT2D eigenvalue weighted by Gasteiger charge is -2.35. The molecule has 0 aliphatic carbocycles. The fraction of sp³-hybridized carbons (Fsp3) is 0.632. The molecule has 2 rings (SSSR count). The summed E-state index contributed by atoms with van der Waals surface area (Å²) in [5.41, 5.74) is 8.10. The summed E-state index contributed by atoms with van der Waals surface area (Å²) >= 11 is 0. The number of amides is 1. The fourth-order valence-corrected chi connectivity index (χ4v) is 3.51. The van der Waals surface area contributed by atoms with Crippen molar-refractivity contribution >= 4 is 5.91 Å². The third-order valence-electron chi connectivity index (χ3n) is 4.37. The lowest BCUT2D eigenvalue weighted by Crippen LogP contribution is -2.38. The molecule has 0 radical (unpaired) electrons. The van der Waals surface area contributed by atoms with Crippen molar-refractivity contribution in [2.75, 3.05) is 13.1 Å². The third kappa shape index (κ3) is 6.32. The van der Waals surface area contributed by atoms with Gasteiger partial charge in [-0.05, 0) is 36.3 Å². The third-order valence-corrected chi connectivity index (χ3v) is 4.37. The first-order valence-corrected chi connectivity index (χ1v) is 8.75. The first kappa shape index (κ1) is 18.0. The predicted molar refractivity (Wildman–Crippen MR) is 94.8 cm³/mol. The topological polar surface area (TPSA) is 58.4 Å². The van der Waals surface area contributed by atoms with E-state index >= 15 is 0 Å².